The fourth-order valence-electron chi connectivity index (χ4n) is 3.40. The Morgan fingerprint density at radius 2 is 1.88 bits per heavy atom. The van der Waals surface area contributed by atoms with E-state index in [9.17, 15) is 27.2 Å². The molecule has 11 heteroatoms. The first-order valence-electron chi connectivity index (χ1n) is 9.62. The molecule has 0 spiro atoms. The van der Waals surface area contributed by atoms with Crippen LogP contribution >= 0.6 is 15.9 Å². The largest absolute Gasteiger partial charge is 0.432 e. The zero-order valence-electron chi connectivity index (χ0n) is 17.0. The van der Waals surface area contributed by atoms with Crippen LogP contribution in [0.25, 0.3) is 5.57 Å². The third kappa shape index (κ3) is 4.88. The van der Waals surface area contributed by atoms with Crippen LogP contribution in [0.2, 0.25) is 0 Å². The Bertz CT molecular complexity index is 1010. The number of carbonyl (C=O) groups excluding carboxylic acids is 2. The predicted octanol–water partition coefficient (Wildman–Crippen LogP) is 3.55. The van der Waals surface area contributed by atoms with Crippen molar-refractivity contribution < 1.29 is 31.9 Å². The van der Waals surface area contributed by atoms with E-state index in [-0.39, 0.29) is 5.56 Å². The Morgan fingerprint density at radius 1 is 1.22 bits per heavy atom. The first kappa shape index (κ1) is 24.0. The van der Waals surface area contributed by atoms with Crippen molar-refractivity contribution in [2.24, 2.45) is 5.73 Å². The molecule has 2 aliphatic heterocycles. The van der Waals surface area contributed by atoms with Crippen LogP contribution in [0.5, 0.6) is 0 Å². The monoisotopic (exact) mass is 517 g/mol. The van der Waals surface area contributed by atoms with Crippen molar-refractivity contribution in [1.29, 1.82) is 0 Å². The summed E-state index contributed by atoms with van der Waals surface area (Å²) >= 11 is 2.64. The van der Waals surface area contributed by atoms with Crippen molar-refractivity contribution in [3.63, 3.8) is 0 Å². The Kier molecular flexibility index (Phi) is 7.09. The summed E-state index contributed by atoms with van der Waals surface area (Å²) in [6, 6.07) is 3.35. The van der Waals surface area contributed by atoms with E-state index in [4.69, 9.17) is 10.5 Å². The number of carbonyl (C=O) groups is 2. The van der Waals surface area contributed by atoms with Gasteiger partial charge in [-0.15, -0.1) is 0 Å². The van der Waals surface area contributed by atoms with Crippen molar-refractivity contribution in [2.75, 3.05) is 26.3 Å². The van der Waals surface area contributed by atoms with Gasteiger partial charge in [-0.1, -0.05) is 12.1 Å². The number of rotatable bonds is 3. The highest BCUT2D eigenvalue weighted by Gasteiger charge is 2.37. The lowest BCUT2D eigenvalue weighted by atomic mass is 9.94. The number of nitrogens with zero attached hydrogens (tertiary/aromatic N) is 2. The summed E-state index contributed by atoms with van der Waals surface area (Å²) in [4.78, 5) is 27.7. The highest BCUT2D eigenvalue weighted by atomic mass is 79.9. The summed E-state index contributed by atoms with van der Waals surface area (Å²) < 4.78 is 57.7. The van der Waals surface area contributed by atoms with Gasteiger partial charge in [-0.25, -0.2) is 4.39 Å². The van der Waals surface area contributed by atoms with E-state index < -0.39 is 40.0 Å². The molecule has 3 rings (SSSR count). The molecule has 1 aromatic carbocycles. The van der Waals surface area contributed by atoms with Crippen LogP contribution < -0.4 is 5.73 Å². The number of hydrogen-bond donors (Lipinski definition) is 1. The summed E-state index contributed by atoms with van der Waals surface area (Å²) in [7, 11) is 0. The summed E-state index contributed by atoms with van der Waals surface area (Å²) in [6.45, 7) is 3.09. The van der Waals surface area contributed by atoms with Crippen LogP contribution in [0.1, 0.15) is 22.8 Å². The number of morpholine rings is 1. The van der Waals surface area contributed by atoms with Crippen molar-refractivity contribution in [3.05, 3.63) is 63.7 Å². The second kappa shape index (κ2) is 9.45. The van der Waals surface area contributed by atoms with E-state index in [2.05, 4.69) is 15.9 Å². The van der Waals surface area contributed by atoms with Crippen LogP contribution in [0.3, 0.4) is 0 Å². The second-order valence-corrected chi connectivity index (χ2v) is 7.97. The van der Waals surface area contributed by atoms with E-state index >= 15 is 0 Å². The maximum Gasteiger partial charge on any atom is 0.432 e. The minimum atomic E-state index is -4.87. The zero-order chi connectivity index (χ0) is 23.6. The molecule has 0 saturated carbocycles. The molecule has 0 aliphatic carbocycles. The second-order valence-electron chi connectivity index (χ2n) is 7.18. The third-order valence-electron chi connectivity index (χ3n) is 5.19. The molecule has 172 valence electrons. The normalized spacial score (nSPS) is 20.1. The molecular weight excluding hydrogens is 498 g/mol. The SMILES string of the molecule is CC1C(c2ccc(C(=O)N3CCOCC3)c(F)c2)=CC=CN1C(=O)/C(Br)=C(\N)C(F)(F)F. The maximum absolute atomic E-state index is 14.8. The Hall–Kier alpha value is -2.66. The fourth-order valence-corrected chi connectivity index (χ4v) is 3.83. The number of amides is 2. The molecule has 6 nitrogen and oxygen atoms in total. The van der Waals surface area contributed by atoms with Gasteiger partial charge in [0.05, 0.1) is 24.8 Å². The molecule has 1 saturated heterocycles. The van der Waals surface area contributed by atoms with Gasteiger partial charge in [-0.3, -0.25) is 9.59 Å². The Balaban J connectivity index is 1.83. The molecule has 2 N–H and O–H groups in total. The molecule has 2 amide bonds. The summed E-state index contributed by atoms with van der Waals surface area (Å²) in [5.74, 6) is -2.17. The van der Waals surface area contributed by atoms with Gasteiger partial charge >= 0.3 is 6.18 Å². The van der Waals surface area contributed by atoms with Gasteiger partial charge in [0.1, 0.15) is 16.0 Å². The van der Waals surface area contributed by atoms with Crippen LogP contribution in [0.4, 0.5) is 17.6 Å². The maximum atomic E-state index is 14.8. The predicted molar refractivity (Wildman–Crippen MR) is 113 cm³/mol. The lowest BCUT2D eigenvalue weighted by Crippen LogP contribution is -2.41. The Labute approximate surface area is 190 Å². The van der Waals surface area contributed by atoms with Crippen molar-refractivity contribution in [2.45, 2.75) is 19.1 Å². The van der Waals surface area contributed by atoms with Crippen LogP contribution in [0.15, 0.2) is 46.7 Å². The average Bonchev–Trinajstić information content (AvgIpc) is 2.77. The summed E-state index contributed by atoms with van der Waals surface area (Å²) in [6.07, 6.45) is -0.477. The average molecular weight is 518 g/mol. The molecule has 2 aliphatic rings. The number of benzene rings is 1. The molecule has 2 heterocycles. The molecule has 1 aromatic rings. The number of alkyl halides is 3. The quantitative estimate of drug-likeness (QED) is 0.491. The topological polar surface area (TPSA) is 75.9 Å². The van der Waals surface area contributed by atoms with Crippen molar-refractivity contribution >= 4 is 33.3 Å². The molecular formula is C21H20BrF4N3O3. The number of hydrogen-bond acceptors (Lipinski definition) is 4. The lowest BCUT2D eigenvalue weighted by molar-refractivity contribution is -0.126. The van der Waals surface area contributed by atoms with Gasteiger partial charge in [-0.05, 0) is 52.2 Å². The first-order valence-corrected chi connectivity index (χ1v) is 10.4. The van der Waals surface area contributed by atoms with E-state index in [1.807, 2.05) is 0 Å². The molecule has 1 unspecified atom stereocenters. The van der Waals surface area contributed by atoms with E-state index in [0.29, 0.717) is 37.4 Å². The van der Waals surface area contributed by atoms with E-state index in [1.54, 1.807) is 13.0 Å². The van der Waals surface area contributed by atoms with Crippen LogP contribution in [-0.2, 0) is 9.53 Å². The van der Waals surface area contributed by atoms with Gasteiger partial charge in [0.15, 0.2) is 0 Å². The Morgan fingerprint density at radius 3 is 2.47 bits per heavy atom. The molecule has 0 aromatic heterocycles. The number of nitrogens with two attached hydrogens (primary N) is 1. The summed E-state index contributed by atoms with van der Waals surface area (Å²) in [5, 5.41) is 0. The van der Waals surface area contributed by atoms with Gasteiger partial charge in [0, 0.05) is 19.3 Å². The van der Waals surface area contributed by atoms with Gasteiger partial charge in [0.25, 0.3) is 11.8 Å². The van der Waals surface area contributed by atoms with E-state index in [0.717, 1.165) is 4.90 Å². The number of allylic oxidation sites excluding steroid dienone is 3. The van der Waals surface area contributed by atoms with Crippen molar-refractivity contribution in [3.8, 4) is 0 Å². The zero-order valence-corrected chi connectivity index (χ0v) is 18.5. The third-order valence-corrected chi connectivity index (χ3v) is 5.95. The first-order chi connectivity index (χ1) is 15.0. The van der Waals surface area contributed by atoms with Crippen LogP contribution in [0, 0.1) is 5.82 Å². The molecule has 0 bridgehead atoms. The smallest absolute Gasteiger partial charge is 0.394 e. The highest BCUT2D eigenvalue weighted by molar-refractivity contribution is 9.12. The lowest BCUT2D eigenvalue weighted by Gasteiger charge is -2.31. The standard InChI is InChI=1S/C21H20BrF4N3O3/c1-12-14(3-2-6-29(12)20(31)17(22)18(27)21(24,25)26)13-4-5-15(16(23)11-13)19(30)28-7-9-32-10-8-28/h2-6,11-12H,7-10,27H2,1H3/b18-17+. The van der Waals surface area contributed by atoms with Crippen molar-refractivity contribution in [1.82, 2.24) is 9.80 Å². The number of halogens is 5. The van der Waals surface area contributed by atoms with Gasteiger partial charge in [-0.2, -0.15) is 13.2 Å². The number of ether oxygens (including phenoxy) is 1. The van der Waals surface area contributed by atoms with E-state index in [1.165, 1.54) is 35.4 Å². The minimum absolute atomic E-state index is 0.0909. The molecule has 0 radical (unpaired) electrons. The fraction of sp³-hybridized carbons (Fsp3) is 0.333. The van der Waals surface area contributed by atoms with Crippen LogP contribution in [-0.4, -0.2) is 60.1 Å². The molecule has 32 heavy (non-hydrogen) atoms. The minimum Gasteiger partial charge on any atom is -0.394 e. The van der Waals surface area contributed by atoms with Gasteiger partial charge < -0.3 is 20.3 Å². The summed E-state index contributed by atoms with van der Waals surface area (Å²) in [5.41, 5.74) is 4.28. The highest BCUT2D eigenvalue weighted by Crippen LogP contribution is 2.32. The van der Waals surface area contributed by atoms with Gasteiger partial charge in [0.2, 0.25) is 0 Å². The molecule has 1 fully saturated rings. The molecule has 1 atom stereocenters.